The summed E-state index contributed by atoms with van der Waals surface area (Å²) in [5.41, 5.74) is 2.07. The SMILES string of the molecule is O=C1NC(=O)C2C1CC=C1C2CC2C(=O)N(c3cccc(Cl)c3)C(=O)C2(c2ccccc2)C1C1=COc2ccc(O)cc2C1. The largest absolute Gasteiger partial charge is 0.508 e. The third kappa shape index (κ3) is 3.64. The van der Waals surface area contributed by atoms with Gasteiger partial charge in [-0.25, -0.2) is 4.90 Å². The Kier molecular flexibility index (Phi) is 5.90. The number of rotatable bonds is 3. The molecule has 9 heteroatoms. The van der Waals surface area contributed by atoms with Crippen LogP contribution in [0, 0.1) is 29.6 Å². The second-order valence-electron chi connectivity index (χ2n) is 12.2. The Hall–Kier alpha value is -4.69. The van der Waals surface area contributed by atoms with Gasteiger partial charge in [-0.15, -0.1) is 0 Å². The molecule has 6 unspecified atom stereocenters. The monoisotopic (exact) mass is 606 g/mol. The molecule has 0 spiro atoms. The summed E-state index contributed by atoms with van der Waals surface area (Å²) in [4.78, 5) is 57.1. The quantitative estimate of drug-likeness (QED) is 0.326. The summed E-state index contributed by atoms with van der Waals surface area (Å²) in [6.45, 7) is 0. The predicted octanol–water partition coefficient (Wildman–Crippen LogP) is 4.85. The molecule has 0 bridgehead atoms. The number of nitrogens with zero attached hydrogens (tertiary/aromatic N) is 1. The number of carbonyl (C=O) groups is 4. The van der Waals surface area contributed by atoms with Crippen LogP contribution in [0.2, 0.25) is 5.02 Å². The Labute approximate surface area is 258 Å². The Morgan fingerprint density at radius 2 is 1.75 bits per heavy atom. The maximum Gasteiger partial charge on any atom is 0.246 e. The van der Waals surface area contributed by atoms with Crippen LogP contribution in [-0.4, -0.2) is 28.7 Å². The van der Waals surface area contributed by atoms with Gasteiger partial charge < -0.3 is 9.84 Å². The topological polar surface area (TPSA) is 113 Å². The Morgan fingerprint density at radius 3 is 2.55 bits per heavy atom. The molecular weight excluding hydrogens is 580 g/mol. The minimum atomic E-state index is -1.36. The van der Waals surface area contributed by atoms with E-state index in [0.29, 0.717) is 34.9 Å². The predicted molar refractivity (Wildman–Crippen MR) is 161 cm³/mol. The van der Waals surface area contributed by atoms with Crippen molar-refractivity contribution >= 4 is 40.9 Å². The zero-order chi connectivity index (χ0) is 30.3. The lowest BCUT2D eigenvalue weighted by atomic mass is 9.48. The number of allylic oxidation sites excluding steroid dienone is 3. The Balaban J connectivity index is 1.38. The molecule has 3 fully saturated rings. The number of aromatic hydroxyl groups is 1. The second kappa shape index (κ2) is 9.66. The average Bonchev–Trinajstić information content (AvgIpc) is 3.44. The standard InChI is InChI=1S/C35H27ClN2O6/c36-21-7-4-8-22(15-21)38-33(42)27-16-26-24(10-11-25-29(26)32(41)37-31(25)40)30(35(27,34(38)43)20-5-2-1-3-6-20)19-13-18-14-23(39)9-12-28(18)44-17-19/h1-10,12,14-15,17,25-27,29-30,39H,11,13,16H2,(H,37,40,41). The van der Waals surface area contributed by atoms with Crippen LogP contribution >= 0.6 is 11.6 Å². The first-order chi connectivity index (χ1) is 21.3. The van der Waals surface area contributed by atoms with Crippen LogP contribution in [0.4, 0.5) is 5.69 Å². The molecule has 2 aliphatic carbocycles. The number of halogens is 1. The van der Waals surface area contributed by atoms with Crippen molar-refractivity contribution in [3.8, 4) is 11.5 Å². The van der Waals surface area contributed by atoms with Crippen molar-refractivity contribution in [3.63, 3.8) is 0 Å². The van der Waals surface area contributed by atoms with Gasteiger partial charge in [0.05, 0.1) is 35.1 Å². The fourth-order valence-corrected chi connectivity index (χ4v) is 8.66. The number of hydrogen-bond donors (Lipinski definition) is 2. The molecule has 0 aromatic heterocycles. The molecule has 5 aliphatic rings. The summed E-state index contributed by atoms with van der Waals surface area (Å²) in [5.74, 6) is -3.78. The highest BCUT2D eigenvalue weighted by molar-refractivity contribution is 6.32. The minimum absolute atomic E-state index is 0.0888. The van der Waals surface area contributed by atoms with E-state index in [9.17, 15) is 19.5 Å². The number of fused-ring (bicyclic) bond motifs is 5. The summed E-state index contributed by atoms with van der Waals surface area (Å²) in [7, 11) is 0. The number of hydrogen-bond acceptors (Lipinski definition) is 6. The van der Waals surface area contributed by atoms with E-state index in [1.807, 2.05) is 36.4 Å². The summed E-state index contributed by atoms with van der Waals surface area (Å²) < 4.78 is 6.11. The van der Waals surface area contributed by atoms with Crippen LogP contribution in [0.15, 0.2) is 96.3 Å². The van der Waals surface area contributed by atoms with Gasteiger partial charge >= 0.3 is 0 Å². The molecule has 6 atom stereocenters. The summed E-state index contributed by atoms with van der Waals surface area (Å²) in [6.07, 6.45) is 4.60. The first-order valence-electron chi connectivity index (χ1n) is 14.7. The molecule has 3 aliphatic heterocycles. The summed E-state index contributed by atoms with van der Waals surface area (Å²) >= 11 is 6.34. The van der Waals surface area contributed by atoms with E-state index in [2.05, 4.69) is 5.32 Å². The highest BCUT2D eigenvalue weighted by Crippen LogP contribution is 2.63. The molecule has 8 nitrogen and oxygen atoms in total. The second-order valence-corrected chi connectivity index (χ2v) is 12.7. The lowest BCUT2D eigenvalue weighted by molar-refractivity contribution is -0.128. The van der Waals surface area contributed by atoms with E-state index < -0.39 is 35.0 Å². The van der Waals surface area contributed by atoms with Crippen molar-refractivity contribution in [2.45, 2.75) is 24.7 Å². The molecule has 44 heavy (non-hydrogen) atoms. The van der Waals surface area contributed by atoms with Crippen LogP contribution in [0.1, 0.15) is 24.0 Å². The smallest absolute Gasteiger partial charge is 0.246 e. The molecule has 1 saturated carbocycles. The average molecular weight is 607 g/mol. The van der Waals surface area contributed by atoms with Gasteiger partial charge in [0.1, 0.15) is 11.5 Å². The van der Waals surface area contributed by atoms with E-state index in [4.69, 9.17) is 16.3 Å². The van der Waals surface area contributed by atoms with Crippen molar-refractivity contribution < 1.29 is 29.0 Å². The van der Waals surface area contributed by atoms with Crippen molar-refractivity contribution in [2.75, 3.05) is 4.90 Å². The van der Waals surface area contributed by atoms with Gasteiger partial charge in [-0.05, 0) is 66.3 Å². The molecule has 8 rings (SSSR count). The Bertz CT molecular complexity index is 1850. The third-order valence-electron chi connectivity index (χ3n) is 10.2. The van der Waals surface area contributed by atoms with E-state index in [0.717, 1.165) is 16.7 Å². The maximum atomic E-state index is 15.1. The summed E-state index contributed by atoms with van der Waals surface area (Å²) in [5, 5.41) is 13.2. The van der Waals surface area contributed by atoms with Crippen molar-refractivity contribution in [1.82, 2.24) is 5.32 Å². The van der Waals surface area contributed by atoms with E-state index in [1.165, 1.54) is 4.90 Å². The van der Waals surface area contributed by atoms with Gasteiger partial charge in [-0.3, -0.25) is 24.5 Å². The van der Waals surface area contributed by atoms with E-state index in [1.54, 1.807) is 48.7 Å². The molecule has 3 heterocycles. The number of nitrogens with one attached hydrogen (secondary N) is 1. The lowest BCUT2D eigenvalue weighted by Crippen LogP contribution is -2.55. The van der Waals surface area contributed by atoms with Gasteiger partial charge in [0, 0.05) is 22.9 Å². The molecular formula is C35H27ClN2O6. The zero-order valence-electron chi connectivity index (χ0n) is 23.4. The van der Waals surface area contributed by atoms with E-state index >= 15 is 4.79 Å². The molecule has 0 radical (unpaired) electrons. The normalized spacial score (nSPS) is 30.4. The summed E-state index contributed by atoms with van der Waals surface area (Å²) in [6, 6.07) is 20.9. The minimum Gasteiger partial charge on any atom is -0.508 e. The van der Waals surface area contributed by atoms with Gasteiger partial charge in [-0.1, -0.05) is 59.6 Å². The Morgan fingerprint density at radius 1 is 0.932 bits per heavy atom. The number of benzene rings is 3. The van der Waals surface area contributed by atoms with Gasteiger partial charge in [0.2, 0.25) is 23.6 Å². The van der Waals surface area contributed by atoms with Gasteiger partial charge in [0.25, 0.3) is 0 Å². The van der Waals surface area contributed by atoms with Crippen molar-refractivity contribution in [1.29, 1.82) is 0 Å². The van der Waals surface area contributed by atoms with Gasteiger partial charge in [0.15, 0.2) is 0 Å². The molecule has 3 aromatic rings. The first-order valence-corrected chi connectivity index (χ1v) is 15.1. The number of amides is 4. The molecule has 2 N–H and O–H groups in total. The number of phenolic OH excluding ortho intramolecular Hbond substituents is 1. The highest BCUT2D eigenvalue weighted by atomic mass is 35.5. The van der Waals surface area contributed by atoms with Crippen molar-refractivity contribution in [2.24, 2.45) is 29.6 Å². The van der Waals surface area contributed by atoms with Crippen molar-refractivity contribution in [3.05, 3.63) is 112 Å². The van der Waals surface area contributed by atoms with Crippen LogP contribution < -0.4 is 15.0 Å². The van der Waals surface area contributed by atoms with E-state index in [-0.39, 0.29) is 35.8 Å². The third-order valence-corrected chi connectivity index (χ3v) is 10.4. The molecule has 4 amide bonds. The first kappa shape index (κ1) is 26.9. The fourth-order valence-electron chi connectivity index (χ4n) is 8.47. The zero-order valence-corrected chi connectivity index (χ0v) is 24.2. The van der Waals surface area contributed by atoms with Crippen LogP contribution in [-0.2, 0) is 31.0 Å². The van der Waals surface area contributed by atoms with Crippen LogP contribution in [0.5, 0.6) is 11.5 Å². The molecule has 2 saturated heterocycles. The number of phenols is 1. The lowest BCUT2D eigenvalue weighted by Gasteiger charge is -2.51. The molecule has 3 aromatic carbocycles. The fraction of sp³-hybridized carbons (Fsp3) is 0.257. The molecule has 220 valence electrons. The highest BCUT2D eigenvalue weighted by Gasteiger charge is 2.70. The number of ether oxygens (including phenoxy) is 1. The number of imide groups is 2. The number of anilines is 1. The van der Waals surface area contributed by atoms with Crippen LogP contribution in [0.3, 0.4) is 0 Å². The van der Waals surface area contributed by atoms with Gasteiger partial charge in [-0.2, -0.15) is 0 Å². The number of carbonyl (C=O) groups excluding carboxylic acids is 4. The maximum absolute atomic E-state index is 15.1. The van der Waals surface area contributed by atoms with Crippen LogP contribution in [0.25, 0.3) is 0 Å².